The fourth-order valence-electron chi connectivity index (χ4n) is 2.17. The van der Waals surface area contributed by atoms with Gasteiger partial charge in [-0.25, -0.2) is 0 Å². The molecule has 2 aromatic rings. The minimum absolute atomic E-state index is 0.0296. The molecule has 0 fully saturated rings. The van der Waals surface area contributed by atoms with Crippen LogP contribution in [0.5, 0.6) is 0 Å². The van der Waals surface area contributed by atoms with Gasteiger partial charge in [0.2, 0.25) is 0 Å². The monoisotopic (exact) mass is 284 g/mol. The fraction of sp³-hybridized carbons (Fsp3) is 0.188. The Kier molecular flexibility index (Phi) is 4.33. The Labute approximate surface area is 123 Å². The lowest BCUT2D eigenvalue weighted by atomic mass is 10.1. The maximum absolute atomic E-state index is 12.4. The minimum atomic E-state index is -0.429. The summed E-state index contributed by atoms with van der Waals surface area (Å²) in [7, 11) is 1.64. The first kappa shape index (κ1) is 14.7. The number of rotatable bonds is 4. The van der Waals surface area contributed by atoms with Crippen LogP contribution in [0.25, 0.3) is 0 Å². The number of nitro groups is 1. The second kappa shape index (κ2) is 6.17. The van der Waals surface area contributed by atoms with E-state index in [0.717, 1.165) is 5.56 Å². The van der Waals surface area contributed by atoms with Gasteiger partial charge in [-0.05, 0) is 18.6 Å². The molecule has 5 heteroatoms. The van der Waals surface area contributed by atoms with Crippen molar-refractivity contribution in [2.45, 2.75) is 13.5 Å². The van der Waals surface area contributed by atoms with E-state index in [1.807, 2.05) is 19.1 Å². The second-order valence-electron chi connectivity index (χ2n) is 4.86. The summed E-state index contributed by atoms with van der Waals surface area (Å²) in [4.78, 5) is 24.5. The van der Waals surface area contributed by atoms with Crippen molar-refractivity contribution >= 4 is 11.6 Å². The molecule has 0 bridgehead atoms. The number of carbonyl (C=O) groups excluding carboxylic acids is 1. The number of hydrogen-bond acceptors (Lipinski definition) is 3. The van der Waals surface area contributed by atoms with Gasteiger partial charge in [0.05, 0.1) is 11.5 Å². The highest BCUT2D eigenvalue weighted by molar-refractivity contribution is 5.95. The van der Waals surface area contributed by atoms with E-state index in [-0.39, 0.29) is 18.1 Å². The van der Waals surface area contributed by atoms with E-state index < -0.39 is 4.92 Å². The van der Waals surface area contributed by atoms with E-state index in [4.69, 9.17) is 0 Å². The van der Waals surface area contributed by atoms with Gasteiger partial charge in [0.25, 0.3) is 11.6 Å². The molecule has 21 heavy (non-hydrogen) atoms. The van der Waals surface area contributed by atoms with Crippen molar-refractivity contribution in [2.75, 3.05) is 7.05 Å². The molecule has 0 N–H and O–H groups in total. The zero-order chi connectivity index (χ0) is 15.4. The smallest absolute Gasteiger partial charge is 0.274 e. The molecular weight excluding hydrogens is 268 g/mol. The SMILES string of the molecule is Cc1ccccc1C(=O)N(C)Cc1ccccc1[N+](=O)[O-]. The topological polar surface area (TPSA) is 63.5 Å². The summed E-state index contributed by atoms with van der Waals surface area (Å²) in [5, 5.41) is 11.0. The number of carbonyl (C=O) groups is 1. The Morgan fingerprint density at radius 3 is 2.43 bits per heavy atom. The Hall–Kier alpha value is -2.69. The quantitative estimate of drug-likeness (QED) is 0.640. The molecule has 0 saturated heterocycles. The van der Waals surface area contributed by atoms with E-state index in [9.17, 15) is 14.9 Å². The van der Waals surface area contributed by atoms with Gasteiger partial charge in [-0.2, -0.15) is 0 Å². The van der Waals surface area contributed by atoms with E-state index in [2.05, 4.69) is 0 Å². The van der Waals surface area contributed by atoms with Crippen LogP contribution in [0.4, 0.5) is 5.69 Å². The van der Waals surface area contributed by atoms with E-state index in [1.54, 1.807) is 37.4 Å². The predicted octanol–water partition coefficient (Wildman–Crippen LogP) is 3.18. The highest BCUT2D eigenvalue weighted by atomic mass is 16.6. The average Bonchev–Trinajstić information content (AvgIpc) is 2.47. The third kappa shape index (κ3) is 3.25. The van der Waals surface area contributed by atoms with Gasteiger partial charge in [0.1, 0.15) is 0 Å². The van der Waals surface area contributed by atoms with Crippen molar-refractivity contribution in [1.29, 1.82) is 0 Å². The first-order valence-corrected chi connectivity index (χ1v) is 6.54. The molecule has 0 aliphatic heterocycles. The minimum Gasteiger partial charge on any atom is -0.337 e. The van der Waals surface area contributed by atoms with Gasteiger partial charge < -0.3 is 4.90 Å². The second-order valence-corrected chi connectivity index (χ2v) is 4.86. The molecule has 0 heterocycles. The van der Waals surface area contributed by atoms with Crippen molar-refractivity contribution in [2.24, 2.45) is 0 Å². The van der Waals surface area contributed by atoms with E-state index in [1.165, 1.54) is 11.0 Å². The lowest BCUT2D eigenvalue weighted by Crippen LogP contribution is -2.27. The van der Waals surface area contributed by atoms with E-state index >= 15 is 0 Å². The summed E-state index contributed by atoms with van der Waals surface area (Å²) in [6.07, 6.45) is 0. The molecule has 5 nitrogen and oxygen atoms in total. The molecule has 0 aliphatic rings. The van der Waals surface area contributed by atoms with Crippen LogP contribution in [0.2, 0.25) is 0 Å². The summed E-state index contributed by atoms with van der Waals surface area (Å²) >= 11 is 0. The molecule has 0 radical (unpaired) electrons. The largest absolute Gasteiger partial charge is 0.337 e. The van der Waals surface area contributed by atoms with Crippen molar-refractivity contribution in [3.05, 3.63) is 75.3 Å². The number of nitrogens with zero attached hydrogens (tertiary/aromatic N) is 2. The van der Waals surface area contributed by atoms with Crippen LogP contribution in [-0.2, 0) is 6.54 Å². The number of amides is 1. The van der Waals surface area contributed by atoms with Gasteiger partial charge >= 0.3 is 0 Å². The Bertz CT molecular complexity index is 683. The predicted molar refractivity (Wildman–Crippen MR) is 80.1 cm³/mol. The lowest BCUT2D eigenvalue weighted by molar-refractivity contribution is -0.385. The molecule has 2 rings (SSSR count). The summed E-state index contributed by atoms with van der Waals surface area (Å²) < 4.78 is 0. The van der Waals surface area contributed by atoms with Crippen LogP contribution in [0, 0.1) is 17.0 Å². The first-order chi connectivity index (χ1) is 10.0. The zero-order valence-corrected chi connectivity index (χ0v) is 11.9. The van der Waals surface area contributed by atoms with Gasteiger partial charge in [0, 0.05) is 24.2 Å². The standard InChI is InChI=1S/C16H16N2O3/c1-12-7-3-5-9-14(12)16(19)17(2)11-13-8-4-6-10-15(13)18(20)21/h3-10H,11H2,1-2H3. The third-order valence-electron chi connectivity index (χ3n) is 3.32. The van der Waals surface area contributed by atoms with Crippen molar-refractivity contribution in [3.8, 4) is 0 Å². The third-order valence-corrected chi connectivity index (χ3v) is 3.32. The Balaban J connectivity index is 2.23. The summed E-state index contributed by atoms with van der Waals surface area (Å²) in [6.45, 7) is 2.07. The molecule has 0 unspecified atom stereocenters. The summed E-state index contributed by atoms with van der Waals surface area (Å²) in [5.74, 6) is -0.147. The number of hydrogen-bond donors (Lipinski definition) is 0. The number of para-hydroxylation sites is 1. The highest BCUT2D eigenvalue weighted by Gasteiger charge is 2.18. The number of nitro benzene ring substituents is 1. The maximum atomic E-state index is 12.4. The zero-order valence-electron chi connectivity index (χ0n) is 11.9. The molecule has 2 aromatic carbocycles. The van der Waals surface area contributed by atoms with Crippen LogP contribution < -0.4 is 0 Å². The van der Waals surface area contributed by atoms with Crippen LogP contribution >= 0.6 is 0 Å². The van der Waals surface area contributed by atoms with Gasteiger partial charge in [-0.3, -0.25) is 14.9 Å². The lowest BCUT2D eigenvalue weighted by Gasteiger charge is -2.18. The fourth-order valence-corrected chi connectivity index (χ4v) is 2.17. The number of benzene rings is 2. The highest BCUT2D eigenvalue weighted by Crippen LogP contribution is 2.20. The van der Waals surface area contributed by atoms with Gasteiger partial charge in [0.15, 0.2) is 0 Å². The average molecular weight is 284 g/mol. The van der Waals surface area contributed by atoms with Crippen LogP contribution in [-0.4, -0.2) is 22.8 Å². The molecule has 108 valence electrons. The molecule has 1 amide bonds. The maximum Gasteiger partial charge on any atom is 0.274 e. The molecule has 0 aromatic heterocycles. The first-order valence-electron chi connectivity index (χ1n) is 6.54. The normalized spacial score (nSPS) is 10.2. The van der Waals surface area contributed by atoms with Crippen LogP contribution in [0.3, 0.4) is 0 Å². The Morgan fingerprint density at radius 2 is 1.76 bits per heavy atom. The van der Waals surface area contributed by atoms with Gasteiger partial charge in [-0.1, -0.05) is 36.4 Å². The van der Waals surface area contributed by atoms with Crippen LogP contribution in [0.1, 0.15) is 21.5 Å². The number of aryl methyl sites for hydroxylation is 1. The molecule has 0 spiro atoms. The van der Waals surface area contributed by atoms with Gasteiger partial charge in [-0.15, -0.1) is 0 Å². The molecule has 0 atom stereocenters. The van der Waals surface area contributed by atoms with Crippen molar-refractivity contribution < 1.29 is 9.72 Å². The van der Waals surface area contributed by atoms with Crippen molar-refractivity contribution in [3.63, 3.8) is 0 Å². The summed E-state index contributed by atoms with van der Waals surface area (Å²) in [5.41, 5.74) is 2.05. The molecule has 0 aliphatic carbocycles. The van der Waals surface area contributed by atoms with E-state index in [0.29, 0.717) is 11.1 Å². The summed E-state index contributed by atoms with van der Waals surface area (Å²) in [6, 6.07) is 13.8. The van der Waals surface area contributed by atoms with Crippen LogP contribution in [0.15, 0.2) is 48.5 Å². The van der Waals surface area contributed by atoms with Crippen molar-refractivity contribution in [1.82, 2.24) is 4.90 Å². The molecule has 0 saturated carbocycles. The Morgan fingerprint density at radius 1 is 1.14 bits per heavy atom. The molecular formula is C16H16N2O3.